The Hall–Kier alpha value is -2.50. The van der Waals surface area contributed by atoms with Crippen LogP contribution in [-0.4, -0.2) is 12.0 Å². The lowest BCUT2D eigenvalue weighted by molar-refractivity contribution is -0.137. The summed E-state index contributed by atoms with van der Waals surface area (Å²) in [4.78, 5) is 12.3. The molecule has 0 aliphatic carbocycles. The van der Waals surface area contributed by atoms with Gasteiger partial charge in [0.05, 0.1) is 5.56 Å². The maximum absolute atomic E-state index is 12.5. The maximum Gasteiger partial charge on any atom is 0.416 e. The number of hydrogen-bond donors (Lipinski definition) is 1. The van der Waals surface area contributed by atoms with E-state index >= 15 is 0 Å². The molecule has 1 N–H and O–H groups in total. The quantitative estimate of drug-likeness (QED) is 0.886. The number of carbonyl (C=O) groups excluding carboxylic acids is 1. The van der Waals surface area contributed by atoms with Crippen LogP contribution in [-0.2, 0) is 17.4 Å². The van der Waals surface area contributed by atoms with Crippen molar-refractivity contribution in [1.82, 2.24) is 0 Å². The Morgan fingerprint density at radius 3 is 2.54 bits per heavy atom. The van der Waals surface area contributed by atoms with Gasteiger partial charge in [0.15, 0.2) is 6.10 Å². The highest BCUT2D eigenvalue weighted by atomic mass is 19.4. The average molecular weight is 335 g/mol. The van der Waals surface area contributed by atoms with E-state index in [9.17, 15) is 18.0 Å². The molecular weight excluding hydrogens is 319 g/mol. The monoisotopic (exact) mass is 335 g/mol. The summed E-state index contributed by atoms with van der Waals surface area (Å²) < 4.78 is 43.3. The molecule has 1 aliphatic rings. The molecule has 0 saturated carbocycles. The number of nitrogens with one attached hydrogen (secondary N) is 1. The molecule has 1 aliphatic heterocycles. The summed E-state index contributed by atoms with van der Waals surface area (Å²) in [7, 11) is 0. The summed E-state index contributed by atoms with van der Waals surface area (Å²) >= 11 is 0. The van der Waals surface area contributed by atoms with Crippen LogP contribution in [0.2, 0.25) is 0 Å². The predicted octanol–water partition coefficient (Wildman–Crippen LogP) is 4.35. The first kappa shape index (κ1) is 16.4. The van der Waals surface area contributed by atoms with Crippen LogP contribution >= 0.6 is 0 Å². The van der Waals surface area contributed by atoms with Gasteiger partial charge in [-0.05, 0) is 55.7 Å². The minimum atomic E-state index is -4.39. The lowest BCUT2D eigenvalue weighted by atomic mass is 10.00. The molecule has 1 unspecified atom stereocenters. The van der Waals surface area contributed by atoms with Crippen molar-refractivity contribution in [3.05, 3.63) is 59.2 Å². The number of aryl methyl sites for hydroxylation is 2. The first-order valence-corrected chi connectivity index (χ1v) is 7.57. The Kier molecular flexibility index (Phi) is 4.22. The van der Waals surface area contributed by atoms with E-state index in [1.54, 1.807) is 0 Å². The van der Waals surface area contributed by atoms with Crippen molar-refractivity contribution in [3.8, 4) is 5.75 Å². The Bertz CT molecular complexity index is 754. The van der Waals surface area contributed by atoms with Crippen LogP contribution in [0.5, 0.6) is 5.75 Å². The van der Waals surface area contributed by atoms with E-state index in [1.165, 1.54) is 12.1 Å². The number of anilines is 1. The fraction of sp³-hybridized carbons (Fsp3) is 0.278. The van der Waals surface area contributed by atoms with E-state index in [0.29, 0.717) is 17.9 Å². The third-order valence-corrected chi connectivity index (χ3v) is 3.93. The van der Waals surface area contributed by atoms with Crippen LogP contribution < -0.4 is 10.1 Å². The van der Waals surface area contributed by atoms with Gasteiger partial charge in [-0.2, -0.15) is 13.2 Å². The maximum atomic E-state index is 12.5. The van der Waals surface area contributed by atoms with Crippen LogP contribution in [0.3, 0.4) is 0 Å². The molecule has 0 fully saturated rings. The smallest absolute Gasteiger partial charge is 0.416 e. The minimum absolute atomic E-state index is 0.311. The molecule has 3 rings (SSSR count). The van der Waals surface area contributed by atoms with Crippen molar-refractivity contribution < 1.29 is 22.7 Å². The number of hydrogen-bond acceptors (Lipinski definition) is 2. The topological polar surface area (TPSA) is 38.3 Å². The number of carbonyl (C=O) groups is 1. The highest BCUT2D eigenvalue weighted by Crippen LogP contribution is 2.31. The fourth-order valence-electron chi connectivity index (χ4n) is 2.67. The number of rotatable bonds is 2. The molecule has 2 aromatic carbocycles. The number of halogens is 3. The molecule has 24 heavy (non-hydrogen) atoms. The first-order chi connectivity index (χ1) is 11.3. The van der Waals surface area contributed by atoms with Gasteiger partial charge >= 0.3 is 6.18 Å². The van der Waals surface area contributed by atoms with Crippen molar-refractivity contribution >= 4 is 11.6 Å². The SMILES string of the molecule is Cc1ccc2c(c1)CCC(C(=O)Nc1ccc(C(F)(F)F)cc1)O2. The fourth-order valence-corrected chi connectivity index (χ4v) is 2.67. The molecule has 0 aromatic heterocycles. The van der Waals surface area contributed by atoms with Crippen molar-refractivity contribution in [2.75, 3.05) is 5.32 Å². The van der Waals surface area contributed by atoms with E-state index in [0.717, 1.165) is 29.7 Å². The van der Waals surface area contributed by atoms with E-state index < -0.39 is 17.8 Å². The van der Waals surface area contributed by atoms with E-state index in [-0.39, 0.29) is 5.91 Å². The number of benzene rings is 2. The lowest BCUT2D eigenvalue weighted by Crippen LogP contribution is -2.35. The third-order valence-electron chi connectivity index (χ3n) is 3.93. The highest BCUT2D eigenvalue weighted by molar-refractivity contribution is 5.94. The van der Waals surface area contributed by atoms with Gasteiger partial charge in [0, 0.05) is 5.69 Å². The van der Waals surface area contributed by atoms with Crippen molar-refractivity contribution in [3.63, 3.8) is 0 Å². The average Bonchev–Trinajstić information content (AvgIpc) is 2.54. The summed E-state index contributed by atoms with van der Waals surface area (Å²) in [5.74, 6) is 0.320. The van der Waals surface area contributed by atoms with Crippen LogP contribution in [0.15, 0.2) is 42.5 Å². The van der Waals surface area contributed by atoms with Crippen LogP contribution in [0.25, 0.3) is 0 Å². The zero-order chi connectivity index (χ0) is 17.3. The molecule has 0 saturated heterocycles. The molecule has 1 atom stereocenters. The van der Waals surface area contributed by atoms with Gasteiger partial charge in [-0.25, -0.2) is 0 Å². The van der Waals surface area contributed by atoms with Crippen LogP contribution in [0, 0.1) is 6.92 Å². The number of ether oxygens (including phenoxy) is 1. The summed E-state index contributed by atoms with van der Waals surface area (Å²) in [6.07, 6.45) is -3.79. The van der Waals surface area contributed by atoms with E-state index in [4.69, 9.17) is 4.74 Å². The summed E-state index contributed by atoms with van der Waals surface area (Å²) in [6, 6.07) is 10.1. The van der Waals surface area contributed by atoms with Gasteiger partial charge in [-0.1, -0.05) is 17.7 Å². The Morgan fingerprint density at radius 2 is 1.88 bits per heavy atom. The molecule has 0 bridgehead atoms. The lowest BCUT2D eigenvalue weighted by Gasteiger charge is -2.25. The minimum Gasteiger partial charge on any atom is -0.480 e. The Morgan fingerprint density at radius 1 is 1.17 bits per heavy atom. The zero-order valence-electron chi connectivity index (χ0n) is 13.0. The van der Waals surface area contributed by atoms with Crippen LogP contribution in [0.1, 0.15) is 23.1 Å². The second-order valence-corrected chi connectivity index (χ2v) is 5.82. The van der Waals surface area contributed by atoms with Gasteiger partial charge in [-0.3, -0.25) is 4.79 Å². The predicted molar refractivity (Wildman–Crippen MR) is 84.0 cm³/mol. The normalized spacial score (nSPS) is 16.9. The first-order valence-electron chi connectivity index (χ1n) is 7.57. The molecule has 0 spiro atoms. The largest absolute Gasteiger partial charge is 0.480 e. The van der Waals surface area contributed by atoms with Gasteiger partial charge in [0.2, 0.25) is 0 Å². The van der Waals surface area contributed by atoms with Gasteiger partial charge in [0.1, 0.15) is 5.75 Å². The molecule has 126 valence electrons. The Balaban J connectivity index is 1.66. The van der Waals surface area contributed by atoms with E-state index in [2.05, 4.69) is 5.32 Å². The Labute approximate surface area is 137 Å². The van der Waals surface area contributed by atoms with Gasteiger partial charge < -0.3 is 10.1 Å². The summed E-state index contributed by atoms with van der Waals surface area (Å²) in [6.45, 7) is 1.99. The molecule has 0 radical (unpaired) electrons. The van der Waals surface area contributed by atoms with Crippen molar-refractivity contribution in [2.45, 2.75) is 32.0 Å². The number of amides is 1. The van der Waals surface area contributed by atoms with Crippen molar-refractivity contribution in [1.29, 1.82) is 0 Å². The molecule has 3 nitrogen and oxygen atoms in total. The molecule has 1 heterocycles. The zero-order valence-corrected chi connectivity index (χ0v) is 13.0. The standard InChI is InChI=1S/C18H16F3NO2/c1-11-2-8-15-12(10-11)3-9-16(24-15)17(23)22-14-6-4-13(5-7-14)18(19,20)21/h2,4-8,10,16H,3,9H2,1H3,(H,22,23). The molecular formula is C18H16F3NO2. The summed E-state index contributed by atoms with van der Waals surface area (Å²) in [5, 5.41) is 2.60. The van der Waals surface area contributed by atoms with Gasteiger partial charge in [-0.15, -0.1) is 0 Å². The third kappa shape index (κ3) is 3.53. The highest BCUT2D eigenvalue weighted by Gasteiger charge is 2.30. The van der Waals surface area contributed by atoms with Crippen LogP contribution in [0.4, 0.5) is 18.9 Å². The van der Waals surface area contributed by atoms with Crippen molar-refractivity contribution in [2.24, 2.45) is 0 Å². The number of fused-ring (bicyclic) bond motifs is 1. The second kappa shape index (κ2) is 6.19. The number of alkyl halides is 3. The van der Waals surface area contributed by atoms with Gasteiger partial charge in [0.25, 0.3) is 5.91 Å². The second-order valence-electron chi connectivity index (χ2n) is 5.82. The van der Waals surface area contributed by atoms with E-state index in [1.807, 2.05) is 25.1 Å². The molecule has 6 heteroatoms. The molecule has 2 aromatic rings. The molecule has 1 amide bonds. The summed E-state index contributed by atoms with van der Waals surface area (Å²) in [5.41, 5.74) is 1.75.